The second-order valence-corrected chi connectivity index (χ2v) is 7.31. The third-order valence-electron chi connectivity index (χ3n) is 4.97. The van der Waals surface area contributed by atoms with Crippen LogP contribution >= 0.6 is 0 Å². The Labute approximate surface area is 167 Å². The maximum Gasteiger partial charge on any atom is 0.229 e. The monoisotopic (exact) mass is 404 g/mol. The number of allylic oxidation sites excluding steroid dienone is 4. The maximum absolute atomic E-state index is 13.0. The molecule has 0 amide bonds. The summed E-state index contributed by atoms with van der Waals surface area (Å²) < 4.78 is 10.9. The highest BCUT2D eigenvalue weighted by Crippen LogP contribution is 2.32. The molecule has 0 spiro atoms. The molecule has 1 aliphatic heterocycles. The molecule has 0 saturated carbocycles. The molecule has 29 heavy (non-hydrogen) atoms. The minimum atomic E-state index is -1.69. The van der Waals surface area contributed by atoms with Crippen LogP contribution in [-0.4, -0.2) is 69.3 Å². The number of aliphatic hydroxyl groups is 4. The zero-order valence-corrected chi connectivity index (χ0v) is 16.1. The lowest BCUT2D eigenvalue weighted by molar-refractivity contribution is -0.290. The fraction of sp³-hybridized carbons (Fsp3) is 0.429. The fourth-order valence-corrected chi connectivity index (χ4v) is 3.30. The van der Waals surface area contributed by atoms with Crippen LogP contribution in [0.25, 0.3) is 0 Å². The van der Waals surface area contributed by atoms with Crippen LogP contribution in [0, 0.1) is 0 Å². The van der Waals surface area contributed by atoms with Gasteiger partial charge in [0.15, 0.2) is 11.5 Å². The molecule has 0 bridgehead atoms. The summed E-state index contributed by atoms with van der Waals surface area (Å²) in [5.41, 5.74) is 1.46. The molecule has 0 unspecified atom stereocenters. The number of hydrogen-bond donors (Lipinski definition) is 4. The lowest BCUT2D eigenvalue weighted by Crippen LogP contribution is -2.59. The van der Waals surface area contributed by atoms with Crippen molar-refractivity contribution >= 4 is 11.6 Å². The van der Waals surface area contributed by atoms with Crippen LogP contribution in [0.3, 0.4) is 0 Å². The van der Waals surface area contributed by atoms with Crippen molar-refractivity contribution in [2.24, 2.45) is 0 Å². The third-order valence-corrected chi connectivity index (χ3v) is 4.97. The molecular formula is C21H24O8. The van der Waals surface area contributed by atoms with E-state index in [0.29, 0.717) is 0 Å². The Bertz CT molecular complexity index is 865. The summed E-state index contributed by atoms with van der Waals surface area (Å²) in [5, 5.41) is 39.4. The number of Topliss-reactive ketones (excluding diaryl/α,β-unsaturated/α-hetero) is 2. The molecule has 1 fully saturated rings. The highest BCUT2D eigenvalue weighted by molar-refractivity contribution is 6.26. The lowest BCUT2D eigenvalue weighted by atomic mass is 9.86. The van der Waals surface area contributed by atoms with Gasteiger partial charge in [-0.2, -0.15) is 0 Å². The van der Waals surface area contributed by atoms with Gasteiger partial charge in [0, 0.05) is 11.1 Å². The highest BCUT2D eigenvalue weighted by atomic mass is 16.7. The van der Waals surface area contributed by atoms with Crippen molar-refractivity contribution in [3.05, 3.63) is 58.4 Å². The molecule has 0 aromatic heterocycles. The van der Waals surface area contributed by atoms with E-state index in [1.54, 1.807) is 24.3 Å². The van der Waals surface area contributed by atoms with Crippen molar-refractivity contribution in [3.63, 3.8) is 0 Å². The molecule has 5 atom stereocenters. The zero-order valence-electron chi connectivity index (χ0n) is 16.1. The van der Waals surface area contributed by atoms with Gasteiger partial charge in [-0.25, -0.2) is 0 Å². The van der Waals surface area contributed by atoms with Crippen LogP contribution < -0.4 is 0 Å². The highest BCUT2D eigenvalue weighted by Gasteiger charge is 2.46. The number of carbonyl (C=O) groups excluding carboxylic acids is 2. The van der Waals surface area contributed by atoms with Crippen molar-refractivity contribution in [3.8, 4) is 0 Å². The van der Waals surface area contributed by atoms with Crippen LogP contribution in [0.4, 0.5) is 0 Å². The van der Waals surface area contributed by atoms with E-state index in [4.69, 9.17) is 9.47 Å². The topological polar surface area (TPSA) is 134 Å². The molecule has 1 saturated heterocycles. The van der Waals surface area contributed by atoms with E-state index < -0.39 is 43.1 Å². The normalized spacial score (nSPS) is 29.5. The van der Waals surface area contributed by atoms with Crippen LogP contribution in [0.5, 0.6) is 0 Å². The van der Waals surface area contributed by atoms with Crippen molar-refractivity contribution < 1.29 is 39.5 Å². The number of hydrogen-bond acceptors (Lipinski definition) is 8. The van der Waals surface area contributed by atoms with Crippen LogP contribution in [0.1, 0.15) is 41.0 Å². The Hall–Kier alpha value is -2.36. The zero-order chi connectivity index (χ0) is 21.3. The smallest absolute Gasteiger partial charge is 0.229 e. The third kappa shape index (κ3) is 4.03. The van der Waals surface area contributed by atoms with Gasteiger partial charge in [0.2, 0.25) is 12.1 Å². The van der Waals surface area contributed by atoms with Gasteiger partial charge >= 0.3 is 0 Å². The molecule has 2 aliphatic rings. The van der Waals surface area contributed by atoms with Crippen LogP contribution in [0.2, 0.25) is 0 Å². The number of benzene rings is 1. The van der Waals surface area contributed by atoms with Gasteiger partial charge in [-0.1, -0.05) is 35.9 Å². The van der Waals surface area contributed by atoms with Gasteiger partial charge in [-0.15, -0.1) is 0 Å². The molecule has 1 heterocycles. The molecule has 8 nitrogen and oxygen atoms in total. The predicted molar refractivity (Wildman–Crippen MR) is 101 cm³/mol. The minimum Gasteiger partial charge on any atom is -0.457 e. The van der Waals surface area contributed by atoms with Gasteiger partial charge in [-0.05, 0) is 20.3 Å². The van der Waals surface area contributed by atoms with E-state index in [1.165, 1.54) is 6.07 Å². The molecular weight excluding hydrogens is 380 g/mol. The molecule has 3 rings (SSSR count). The van der Waals surface area contributed by atoms with Gasteiger partial charge in [0.1, 0.15) is 24.4 Å². The van der Waals surface area contributed by atoms with Crippen LogP contribution in [-0.2, 0) is 9.47 Å². The number of aliphatic hydroxyl groups excluding tert-OH is 4. The first-order valence-electron chi connectivity index (χ1n) is 9.28. The van der Waals surface area contributed by atoms with E-state index in [9.17, 15) is 30.0 Å². The predicted octanol–water partition coefficient (Wildman–Crippen LogP) is 0.492. The Morgan fingerprint density at radius 1 is 1.03 bits per heavy atom. The minimum absolute atomic E-state index is 0.104. The molecule has 1 aromatic carbocycles. The van der Waals surface area contributed by atoms with Crippen molar-refractivity contribution in [1.29, 1.82) is 0 Å². The second kappa shape index (κ2) is 8.56. The Morgan fingerprint density at radius 2 is 1.66 bits per heavy atom. The summed E-state index contributed by atoms with van der Waals surface area (Å²) in [6, 6.07) is 6.34. The van der Waals surface area contributed by atoms with E-state index in [0.717, 1.165) is 5.57 Å². The lowest BCUT2D eigenvalue weighted by Gasteiger charge is -2.40. The molecule has 0 radical (unpaired) electrons. The van der Waals surface area contributed by atoms with Gasteiger partial charge in [0.25, 0.3) is 0 Å². The van der Waals surface area contributed by atoms with Crippen molar-refractivity contribution in [1.82, 2.24) is 0 Å². The number of fused-ring (bicyclic) bond motifs is 1. The number of ketones is 2. The number of ether oxygens (including phenoxy) is 2. The first-order chi connectivity index (χ1) is 13.8. The summed E-state index contributed by atoms with van der Waals surface area (Å²) in [6.45, 7) is 3.06. The van der Waals surface area contributed by atoms with Gasteiger partial charge in [-0.3, -0.25) is 9.59 Å². The average molecular weight is 404 g/mol. The van der Waals surface area contributed by atoms with E-state index >= 15 is 0 Å². The Kier molecular flexibility index (Phi) is 6.30. The molecule has 1 aromatic rings. The molecule has 8 heteroatoms. The largest absolute Gasteiger partial charge is 0.457 e. The average Bonchev–Trinajstić information content (AvgIpc) is 2.71. The number of rotatable bonds is 5. The summed E-state index contributed by atoms with van der Waals surface area (Å²) in [4.78, 5) is 26.0. The van der Waals surface area contributed by atoms with E-state index in [2.05, 4.69) is 0 Å². The fourth-order valence-electron chi connectivity index (χ4n) is 3.30. The summed E-state index contributed by atoms with van der Waals surface area (Å²) in [6.07, 6.45) is -5.75. The first-order valence-corrected chi connectivity index (χ1v) is 9.28. The maximum atomic E-state index is 13.0. The Balaban J connectivity index is 2.00. The quantitative estimate of drug-likeness (QED) is 0.521. The van der Waals surface area contributed by atoms with Crippen molar-refractivity contribution in [2.75, 3.05) is 6.61 Å². The number of carbonyl (C=O) groups is 2. The summed E-state index contributed by atoms with van der Waals surface area (Å²) >= 11 is 0. The van der Waals surface area contributed by atoms with Crippen LogP contribution in [0.15, 0.2) is 47.2 Å². The Morgan fingerprint density at radius 3 is 2.24 bits per heavy atom. The first kappa shape index (κ1) is 21.4. The standard InChI is InChI=1S/C21H24O8/c1-10(2)7-8-13-15(23)11-5-3-4-6-12(11)16(24)20(13)29-21-19(27)18(26)17(25)14(9-22)28-21/h3-7,14,17-19,21-22,25-27H,8-9H2,1-2H3/t14-,17-,18+,19-,21+/m1/s1. The summed E-state index contributed by atoms with van der Waals surface area (Å²) in [7, 11) is 0. The summed E-state index contributed by atoms with van der Waals surface area (Å²) in [5.74, 6) is -1.21. The SMILES string of the molecule is CC(C)=CCC1=C(O[C@@H]2O[C@H](CO)[C@@H](O)[C@H](O)[C@H]2O)C(=O)c2ccccc2C1=O. The second-order valence-electron chi connectivity index (χ2n) is 7.31. The van der Waals surface area contributed by atoms with Crippen molar-refractivity contribution in [2.45, 2.75) is 51.0 Å². The molecule has 156 valence electrons. The van der Waals surface area contributed by atoms with Gasteiger partial charge in [0.05, 0.1) is 12.2 Å². The molecule has 4 N–H and O–H groups in total. The molecule has 1 aliphatic carbocycles. The van der Waals surface area contributed by atoms with E-state index in [-0.39, 0.29) is 34.7 Å². The van der Waals surface area contributed by atoms with E-state index in [1.807, 2.05) is 13.8 Å². The van der Waals surface area contributed by atoms with Gasteiger partial charge < -0.3 is 29.9 Å².